The van der Waals surface area contributed by atoms with Crippen LogP contribution in [0.1, 0.15) is 11.6 Å². The van der Waals surface area contributed by atoms with Crippen molar-refractivity contribution in [3.63, 3.8) is 0 Å². The van der Waals surface area contributed by atoms with Gasteiger partial charge in [0.1, 0.15) is 5.82 Å². The van der Waals surface area contributed by atoms with Gasteiger partial charge in [-0.25, -0.2) is 17.5 Å². The molecule has 7 heteroatoms. The Labute approximate surface area is 149 Å². The van der Waals surface area contributed by atoms with Gasteiger partial charge in [-0.1, -0.05) is 12.1 Å². The van der Waals surface area contributed by atoms with Crippen LogP contribution in [0.25, 0.3) is 0 Å². The lowest BCUT2D eigenvalue weighted by Gasteiger charge is -2.25. The van der Waals surface area contributed by atoms with Crippen molar-refractivity contribution < 1.29 is 12.8 Å². The number of nitrogens with one attached hydrogen (secondary N) is 1. The maximum absolute atomic E-state index is 13.0. The predicted molar refractivity (Wildman–Crippen MR) is 98.8 cm³/mol. The highest BCUT2D eigenvalue weighted by Crippen LogP contribution is 2.21. The van der Waals surface area contributed by atoms with E-state index in [-0.39, 0.29) is 17.5 Å². The van der Waals surface area contributed by atoms with E-state index in [4.69, 9.17) is 0 Å². The first-order valence-electron chi connectivity index (χ1n) is 7.89. The van der Waals surface area contributed by atoms with Crippen LogP contribution in [0.15, 0.2) is 53.4 Å². The number of anilines is 1. The van der Waals surface area contributed by atoms with Crippen molar-refractivity contribution in [1.29, 1.82) is 0 Å². The smallest absolute Gasteiger partial charge is 0.240 e. The number of benzene rings is 2. The monoisotopic (exact) mass is 365 g/mol. The Bertz CT molecular complexity index is 788. The maximum Gasteiger partial charge on any atom is 0.240 e. The van der Waals surface area contributed by atoms with Crippen molar-refractivity contribution in [2.45, 2.75) is 10.9 Å². The number of likely N-dealkylation sites (N-methyl/N-ethyl adjacent to an activating group) is 1. The highest BCUT2D eigenvalue weighted by Gasteiger charge is 2.19. The van der Waals surface area contributed by atoms with Gasteiger partial charge in [-0.15, -0.1) is 0 Å². The largest absolute Gasteiger partial charge is 0.378 e. The molecule has 0 radical (unpaired) electrons. The van der Waals surface area contributed by atoms with E-state index in [1.165, 1.54) is 12.1 Å². The standard InChI is InChI=1S/C18H24FN3O2S/c1-21(2)16-9-5-14(6-10-16)18(22(3)4)13-20-25(23,24)17-11-7-15(19)8-12-17/h5-12,18,20H,13H2,1-4H3. The first-order valence-corrected chi connectivity index (χ1v) is 9.38. The van der Waals surface area contributed by atoms with Crippen LogP contribution in [0.3, 0.4) is 0 Å². The molecule has 2 aromatic carbocycles. The van der Waals surface area contributed by atoms with E-state index in [9.17, 15) is 12.8 Å². The predicted octanol–water partition coefficient (Wildman–Crippen LogP) is 2.47. The molecule has 0 saturated carbocycles. The summed E-state index contributed by atoms with van der Waals surface area (Å²) >= 11 is 0. The summed E-state index contributed by atoms with van der Waals surface area (Å²) in [5, 5.41) is 0. The normalized spacial score (nSPS) is 13.0. The van der Waals surface area contributed by atoms with Crippen LogP contribution in [-0.2, 0) is 10.0 Å². The summed E-state index contributed by atoms with van der Waals surface area (Å²) < 4.78 is 40.4. The number of hydrogen-bond acceptors (Lipinski definition) is 4. The molecule has 5 nitrogen and oxygen atoms in total. The molecule has 1 atom stereocenters. The Hall–Kier alpha value is -1.96. The molecule has 0 aliphatic heterocycles. The number of halogens is 1. The van der Waals surface area contributed by atoms with E-state index >= 15 is 0 Å². The summed E-state index contributed by atoms with van der Waals surface area (Å²) in [6.45, 7) is 0.216. The van der Waals surface area contributed by atoms with Crippen LogP contribution < -0.4 is 9.62 Å². The fourth-order valence-electron chi connectivity index (χ4n) is 2.48. The van der Waals surface area contributed by atoms with Gasteiger partial charge >= 0.3 is 0 Å². The highest BCUT2D eigenvalue weighted by molar-refractivity contribution is 7.89. The molecule has 2 aromatic rings. The zero-order valence-corrected chi connectivity index (χ0v) is 15.7. The number of hydrogen-bond donors (Lipinski definition) is 1. The maximum atomic E-state index is 13.0. The summed E-state index contributed by atoms with van der Waals surface area (Å²) in [6.07, 6.45) is 0. The third-order valence-electron chi connectivity index (χ3n) is 4.01. The first-order chi connectivity index (χ1) is 11.7. The molecule has 1 unspecified atom stereocenters. The van der Waals surface area contributed by atoms with Gasteiger partial charge in [-0.3, -0.25) is 0 Å². The fourth-order valence-corrected chi connectivity index (χ4v) is 3.52. The fraction of sp³-hybridized carbons (Fsp3) is 0.333. The lowest BCUT2D eigenvalue weighted by Crippen LogP contribution is -2.34. The van der Waals surface area contributed by atoms with Crippen LogP contribution in [0.4, 0.5) is 10.1 Å². The van der Waals surface area contributed by atoms with Crippen LogP contribution in [0.2, 0.25) is 0 Å². The van der Waals surface area contributed by atoms with Crippen molar-refractivity contribution in [3.05, 3.63) is 59.9 Å². The minimum Gasteiger partial charge on any atom is -0.378 e. The second-order valence-electron chi connectivity index (χ2n) is 6.27. The highest BCUT2D eigenvalue weighted by atomic mass is 32.2. The molecular weight excluding hydrogens is 341 g/mol. The molecule has 0 amide bonds. The zero-order chi connectivity index (χ0) is 18.6. The zero-order valence-electron chi connectivity index (χ0n) is 14.9. The Morgan fingerprint density at radius 3 is 2.00 bits per heavy atom. The Balaban J connectivity index is 2.15. The number of sulfonamides is 1. The average Bonchev–Trinajstić information content (AvgIpc) is 2.55. The van der Waals surface area contributed by atoms with Gasteiger partial charge in [0.15, 0.2) is 0 Å². The molecule has 0 fully saturated rings. The van der Waals surface area contributed by atoms with Crippen LogP contribution in [0, 0.1) is 5.82 Å². The summed E-state index contributed by atoms with van der Waals surface area (Å²) in [6, 6.07) is 12.7. The minimum absolute atomic E-state index is 0.0503. The number of rotatable bonds is 7. The van der Waals surface area contributed by atoms with Crippen molar-refractivity contribution >= 4 is 15.7 Å². The molecule has 0 aliphatic rings. The molecular formula is C18H24FN3O2S. The summed E-state index contributed by atoms with van der Waals surface area (Å²) in [5.41, 5.74) is 2.09. The van der Waals surface area contributed by atoms with Gasteiger partial charge in [0.25, 0.3) is 0 Å². The van der Waals surface area contributed by atoms with E-state index in [1.54, 1.807) is 0 Å². The van der Waals surface area contributed by atoms with Crippen LogP contribution >= 0.6 is 0 Å². The molecule has 0 bridgehead atoms. The molecule has 2 rings (SSSR count). The third kappa shape index (κ3) is 5.01. The Morgan fingerprint density at radius 1 is 0.960 bits per heavy atom. The van der Waals surface area contributed by atoms with Gasteiger partial charge in [0.2, 0.25) is 10.0 Å². The van der Waals surface area contributed by atoms with Gasteiger partial charge in [0, 0.05) is 32.4 Å². The summed E-state index contributed by atoms with van der Waals surface area (Å²) in [4.78, 5) is 4.01. The topological polar surface area (TPSA) is 52.7 Å². The Kier molecular flexibility index (Phi) is 6.16. The molecule has 1 N–H and O–H groups in total. The van der Waals surface area contributed by atoms with E-state index in [0.717, 1.165) is 23.4 Å². The average molecular weight is 365 g/mol. The van der Waals surface area contributed by atoms with E-state index in [2.05, 4.69) is 4.72 Å². The van der Waals surface area contributed by atoms with Gasteiger partial charge in [0.05, 0.1) is 4.90 Å². The molecule has 136 valence electrons. The molecule has 0 aromatic heterocycles. The lowest BCUT2D eigenvalue weighted by atomic mass is 10.1. The lowest BCUT2D eigenvalue weighted by molar-refractivity contribution is 0.299. The molecule has 0 spiro atoms. The van der Waals surface area contributed by atoms with Crippen molar-refractivity contribution in [1.82, 2.24) is 9.62 Å². The molecule has 0 saturated heterocycles. The summed E-state index contributed by atoms with van der Waals surface area (Å²) in [7, 11) is 4.05. The molecule has 25 heavy (non-hydrogen) atoms. The second kappa shape index (κ2) is 7.95. The molecule has 0 heterocycles. The van der Waals surface area contributed by atoms with Crippen LogP contribution in [0.5, 0.6) is 0 Å². The first kappa shape index (κ1) is 19.4. The van der Waals surface area contributed by atoms with Gasteiger partial charge in [-0.05, 0) is 56.1 Å². The van der Waals surface area contributed by atoms with E-state index in [1.807, 2.05) is 62.3 Å². The SMILES string of the molecule is CN(C)c1ccc(C(CNS(=O)(=O)c2ccc(F)cc2)N(C)C)cc1. The van der Waals surface area contributed by atoms with Crippen molar-refractivity contribution in [3.8, 4) is 0 Å². The summed E-state index contributed by atoms with van der Waals surface area (Å²) in [5.74, 6) is -0.467. The second-order valence-corrected chi connectivity index (χ2v) is 8.04. The minimum atomic E-state index is -3.69. The van der Waals surface area contributed by atoms with Gasteiger partial charge in [-0.2, -0.15) is 0 Å². The third-order valence-corrected chi connectivity index (χ3v) is 5.45. The van der Waals surface area contributed by atoms with Crippen molar-refractivity contribution in [2.75, 3.05) is 39.6 Å². The quantitative estimate of drug-likeness (QED) is 0.819. The Morgan fingerprint density at radius 2 is 1.52 bits per heavy atom. The van der Waals surface area contributed by atoms with Crippen LogP contribution in [-0.4, -0.2) is 48.1 Å². The van der Waals surface area contributed by atoms with E-state index in [0.29, 0.717) is 0 Å². The van der Waals surface area contributed by atoms with Gasteiger partial charge < -0.3 is 9.80 Å². The van der Waals surface area contributed by atoms with Crippen molar-refractivity contribution in [2.24, 2.45) is 0 Å². The van der Waals surface area contributed by atoms with E-state index < -0.39 is 15.8 Å². The molecule has 0 aliphatic carbocycles. The number of nitrogens with zero attached hydrogens (tertiary/aromatic N) is 2.